The number of hydrogen-bond donors (Lipinski definition) is 2. The smallest absolute Gasteiger partial charge is 0.0224 e. The zero-order valence-electron chi connectivity index (χ0n) is 11.1. The predicted octanol–water partition coefficient (Wildman–Crippen LogP) is 2.69. The lowest BCUT2D eigenvalue weighted by Gasteiger charge is -2.23. The molecule has 3 atom stereocenters. The van der Waals surface area contributed by atoms with E-state index in [-0.39, 0.29) is 0 Å². The molecule has 17 heavy (non-hydrogen) atoms. The highest BCUT2D eigenvalue weighted by Gasteiger charge is 2.38. The molecule has 2 nitrogen and oxygen atoms in total. The first-order valence-electron chi connectivity index (χ1n) is 7.90. The molecule has 0 bridgehead atoms. The van der Waals surface area contributed by atoms with Crippen LogP contribution in [0.1, 0.15) is 57.8 Å². The van der Waals surface area contributed by atoms with Crippen LogP contribution in [0.5, 0.6) is 0 Å². The molecular weight excluding hydrogens is 208 g/mol. The minimum Gasteiger partial charge on any atom is -0.312 e. The van der Waals surface area contributed by atoms with Gasteiger partial charge in [-0.2, -0.15) is 0 Å². The molecule has 0 aromatic rings. The maximum absolute atomic E-state index is 3.85. The second-order valence-corrected chi connectivity index (χ2v) is 6.47. The van der Waals surface area contributed by atoms with Crippen molar-refractivity contribution in [1.82, 2.24) is 10.6 Å². The third kappa shape index (κ3) is 2.85. The Hall–Kier alpha value is -0.0800. The molecule has 0 spiro atoms. The van der Waals surface area contributed by atoms with Gasteiger partial charge in [-0.1, -0.05) is 32.1 Å². The maximum atomic E-state index is 3.85. The van der Waals surface area contributed by atoms with Crippen molar-refractivity contribution in [3.8, 4) is 0 Å². The number of hydrogen-bond acceptors (Lipinski definition) is 2. The molecule has 98 valence electrons. The molecule has 2 aliphatic carbocycles. The zero-order chi connectivity index (χ0) is 11.5. The largest absolute Gasteiger partial charge is 0.312 e. The summed E-state index contributed by atoms with van der Waals surface area (Å²) in [4.78, 5) is 0. The van der Waals surface area contributed by atoms with Gasteiger partial charge < -0.3 is 10.6 Å². The predicted molar refractivity (Wildman–Crippen MR) is 72.1 cm³/mol. The number of rotatable bonds is 3. The van der Waals surface area contributed by atoms with Crippen LogP contribution in [0.15, 0.2) is 0 Å². The van der Waals surface area contributed by atoms with E-state index in [2.05, 4.69) is 10.6 Å². The van der Waals surface area contributed by atoms with Crippen molar-refractivity contribution in [3.63, 3.8) is 0 Å². The molecule has 1 saturated heterocycles. The Morgan fingerprint density at radius 1 is 0.882 bits per heavy atom. The summed E-state index contributed by atoms with van der Waals surface area (Å²) < 4.78 is 0. The SMILES string of the molecule is C1CCCC(NCC2NCC3CCCC32)CC1. The van der Waals surface area contributed by atoms with Crippen molar-refractivity contribution >= 4 is 0 Å². The van der Waals surface area contributed by atoms with E-state index < -0.39 is 0 Å². The zero-order valence-corrected chi connectivity index (χ0v) is 11.1. The summed E-state index contributed by atoms with van der Waals surface area (Å²) in [6.07, 6.45) is 13.1. The molecule has 3 unspecified atom stereocenters. The highest BCUT2D eigenvalue weighted by atomic mass is 15.0. The highest BCUT2D eigenvalue weighted by Crippen LogP contribution is 2.37. The van der Waals surface area contributed by atoms with Crippen molar-refractivity contribution < 1.29 is 0 Å². The summed E-state index contributed by atoms with van der Waals surface area (Å²) in [5.74, 6) is 2.00. The highest BCUT2D eigenvalue weighted by molar-refractivity contribution is 4.95. The topological polar surface area (TPSA) is 24.1 Å². The van der Waals surface area contributed by atoms with Gasteiger partial charge in [-0.25, -0.2) is 0 Å². The van der Waals surface area contributed by atoms with E-state index in [0.29, 0.717) is 0 Å². The van der Waals surface area contributed by atoms with Crippen LogP contribution in [0.2, 0.25) is 0 Å². The molecule has 0 aromatic heterocycles. The normalized spacial score (nSPS) is 39.2. The van der Waals surface area contributed by atoms with Gasteiger partial charge in [-0.15, -0.1) is 0 Å². The van der Waals surface area contributed by atoms with Crippen molar-refractivity contribution in [3.05, 3.63) is 0 Å². The second-order valence-electron chi connectivity index (χ2n) is 6.47. The molecule has 2 saturated carbocycles. The van der Waals surface area contributed by atoms with Crippen LogP contribution in [-0.4, -0.2) is 25.2 Å². The molecule has 0 radical (unpaired) electrons. The van der Waals surface area contributed by atoms with Crippen LogP contribution in [0, 0.1) is 11.8 Å². The average Bonchev–Trinajstić information content (AvgIpc) is 2.84. The summed E-state index contributed by atoms with van der Waals surface area (Å²) >= 11 is 0. The first-order valence-corrected chi connectivity index (χ1v) is 7.90. The summed E-state index contributed by atoms with van der Waals surface area (Å²) in [5, 5.41) is 7.60. The lowest BCUT2D eigenvalue weighted by molar-refractivity contribution is 0.361. The Morgan fingerprint density at radius 3 is 2.53 bits per heavy atom. The lowest BCUT2D eigenvalue weighted by Crippen LogP contribution is -2.42. The molecule has 3 rings (SSSR count). The maximum Gasteiger partial charge on any atom is 0.0224 e. The van der Waals surface area contributed by atoms with Crippen LogP contribution in [0.25, 0.3) is 0 Å². The summed E-state index contributed by atoms with van der Waals surface area (Å²) in [6, 6.07) is 1.60. The van der Waals surface area contributed by atoms with Crippen LogP contribution in [0.4, 0.5) is 0 Å². The Labute approximate surface area is 106 Å². The molecule has 2 heteroatoms. The summed E-state index contributed by atoms with van der Waals surface area (Å²) in [6.45, 7) is 2.52. The van der Waals surface area contributed by atoms with Gasteiger partial charge in [0.2, 0.25) is 0 Å². The van der Waals surface area contributed by atoms with E-state index in [1.165, 1.54) is 70.9 Å². The molecule has 3 aliphatic rings. The van der Waals surface area contributed by atoms with Crippen molar-refractivity contribution in [2.75, 3.05) is 13.1 Å². The van der Waals surface area contributed by atoms with Crippen LogP contribution >= 0.6 is 0 Å². The minimum absolute atomic E-state index is 0.783. The van der Waals surface area contributed by atoms with Gasteiger partial charge in [0.1, 0.15) is 0 Å². The third-order valence-electron chi connectivity index (χ3n) is 5.36. The second kappa shape index (κ2) is 5.71. The van der Waals surface area contributed by atoms with Gasteiger partial charge in [0.15, 0.2) is 0 Å². The Morgan fingerprint density at radius 2 is 1.71 bits per heavy atom. The van der Waals surface area contributed by atoms with Crippen molar-refractivity contribution in [2.45, 2.75) is 69.9 Å². The van der Waals surface area contributed by atoms with Gasteiger partial charge in [0.25, 0.3) is 0 Å². The molecular formula is C15H28N2. The summed E-state index contributed by atoms with van der Waals surface area (Å²) in [5.41, 5.74) is 0. The lowest BCUT2D eigenvalue weighted by atomic mass is 9.94. The Kier molecular flexibility index (Phi) is 4.02. The Balaban J connectivity index is 1.44. The van der Waals surface area contributed by atoms with Gasteiger partial charge in [0, 0.05) is 18.6 Å². The fourth-order valence-electron chi connectivity index (χ4n) is 4.30. The monoisotopic (exact) mass is 236 g/mol. The van der Waals surface area contributed by atoms with E-state index >= 15 is 0 Å². The first-order chi connectivity index (χ1) is 8.43. The first kappa shape index (κ1) is 12.0. The number of nitrogens with one attached hydrogen (secondary N) is 2. The van der Waals surface area contributed by atoms with E-state index in [1.807, 2.05) is 0 Å². The van der Waals surface area contributed by atoms with Gasteiger partial charge in [0.05, 0.1) is 0 Å². The van der Waals surface area contributed by atoms with Crippen molar-refractivity contribution in [1.29, 1.82) is 0 Å². The standard InChI is InChI=1S/C15H28N2/c1-2-4-8-13(7-3-1)16-11-15-14-9-5-6-12(14)10-17-15/h12-17H,1-11H2. The molecule has 2 N–H and O–H groups in total. The molecule has 3 fully saturated rings. The van der Waals surface area contributed by atoms with E-state index in [1.54, 1.807) is 0 Å². The van der Waals surface area contributed by atoms with Gasteiger partial charge >= 0.3 is 0 Å². The minimum atomic E-state index is 0.783. The van der Waals surface area contributed by atoms with E-state index in [4.69, 9.17) is 0 Å². The van der Waals surface area contributed by atoms with Gasteiger partial charge in [-0.05, 0) is 44.1 Å². The number of fused-ring (bicyclic) bond motifs is 1. The molecule has 1 aliphatic heterocycles. The molecule has 1 heterocycles. The van der Waals surface area contributed by atoms with Crippen molar-refractivity contribution in [2.24, 2.45) is 11.8 Å². The van der Waals surface area contributed by atoms with E-state index in [0.717, 1.165) is 23.9 Å². The van der Waals surface area contributed by atoms with E-state index in [9.17, 15) is 0 Å². The Bertz CT molecular complexity index is 233. The summed E-state index contributed by atoms with van der Waals surface area (Å²) in [7, 11) is 0. The van der Waals surface area contributed by atoms with Crippen LogP contribution < -0.4 is 10.6 Å². The third-order valence-corrected chi connectivity index (χ3v) is 5.36. The van der Waals surface area contributed by atoms with Crippen LogP contribution in [0.3, 0.4) is 0 Å². The quantitative estimate of drug-likeness (QED) is 0.736. The van der Waals surface area contributed by atoms with Crippen LogP contribution in [-0.2, 0) is 0 Å². The molecule has 0 amide bonds. The molecule has 0 aromatic carbocycles. The fraction of sp³-hybridized carbons (Fsp3) is 1.00. The average molecular weight is 236 g/mol. The van der Waals surface area contributed by atoms with Gasteiger partial charge in [-0.3, -0.25) is 0 Å². The fourth-order valence-corrected chi connectivity index (χ4v) is 4.30.